The van der Waals surface area contributed by atoms with Crippen LogP contribution in [0.5, 0.6) is 5.75 Å². The van der Waals surface area contributed by atoms with Crippen molar-refractivity contribution in [1.82, 2.24) is 9.55 Å². The Bertz CT molecular complexity index is 1440. The summed E-state index contributed by atoms with van der Waals surface area (Å²) < 4.78 is 49.4. The van der Waals surface area contributed by atoms with Gasteiger partial charge in [-0.05, 0) is 48.0 Å². The predicted molar refractivity (Wildman–Crippen MR) is 126 cm³/mol. The molecule has 4 aromatic rings. The maximum atomic E-state index is 14.4. The minimum atomic E-state index is -4.98. The molecule has 0 atom stereocenters. The van der Waals surface area contributed by atoms with E-state index in [1.54, 1.807) is 0 Å². The van der Waals surface area contributed by atoms with E-state index in [2.05, 4.69) is 10.3 Å². The topological polar surface area (TPSA) is 73.2 Å². The van der Waals surface area contributed by atoms with Crippen LogP contribution in [-0.4, -0.2) is 28.4 Å². The van der Waals surface area contributed by atoms with Crippen molar-refractivity contribution in [1.29, 1.82) is 0 Å². The summed E-state index contributed by atoms with van der Waals surface area (Å²) in [6.45, 7) is -0.328. The highest BCUT2D eigenvalue weighted by molar-refractivity contribution is 6.48. The molecule has 2 aromatic heterocycles. The number of ether oxygens (including phenoxy) is 1. The van der Waals surface area contributed by atoms with E-state index in [9.17, 15) is 22.8 Å². The van der Waals surface area contributed by atoms with Gasteiger partial charge in [0.25, 0.3) is 11.7 Å². The number of alkyl halides is 3. The normalized spacial score (nSPS) is 11.5. The standard InChI is InChI=1S/C24H16Cl2F3N3O3/c1-35-16-6-7-19-17(10-16)20(21(33)23(34)31-15-3-2-8-30-11-15)22(24(27,28)29)32(19)12-13-4-5-14(25)9-18(13)26/h2-11H,12H2,1H3,(H,31,34). The minimum absolute atomic E-state index is 0.0710. The van der Waals surface area contributed by atoms with E-state index < -0.39 is 29.1 Å². The quantitative estimate of drug-likeness (QED) is 0.240. The van der Waals surface area contributed by atoms with Crippen molar-refractivity contribution in [2.75, 3.05) is 12.4 Å². The molecule has 0 aliphatic rings. The molecule has 1 amide bonds. The van der Waals surface area contributed by atoms with Gasteiger partial charge in [0, 0.05) is 33.7 Å². The molecule has 180 valence electrons. The molecular weight excluding hydrogens is 506 g/mol. The number of hydrogen-bond donors (Lipinski definition) is 1. The lowest BCUT2D eigenvalue weighted by molar-refractivity contribution is -0.143. The third-order valence-electron chi connectivity index (χ3n) is 5.24. The fraction of sp³-hybridized carbons (Fsp3) is 0.125. The molecule has 4 rings (SSSR count). The number of anilines is 1. The number of carbonyl (C=O) groups excluding carboxylic acids is 2. The molecule has 35 heavy (non-hydrogen) atoms. The number of benzene rings is 2. The van der Waals surface area contributed by atoms with Crippen molar-refractivity contribution in [3.63, 3.8) is 0 Å². The summed E-state index contributed by atoms with van der Waals surface area (Å²) in [4.78, 5) is 29.7. The number of carbonyl (C=O) groups is 2. The maximum Gasteiger partial charge on any atom is 0.432 e. The third kappa shape index (κ3) is 4.96. The monoisotopic (exact) mass is 521 g/mol. The number of pyridine rings is 1. The summed E-state index contributed by atoms with van der Waals surface area (Å²) in [6, 6.07) is 11.5. The fourth-order valence-electron chi connectivity index (χ4n) is 3.71. The molecule has 0 fully saturated rings. The van der Waals surface area contributed by atoms with Gasteiger partial charge in [0.1, 0.15) is 11.4 Å². The van der Waals surface area contributed by atoms with Crippen molar-refractivity contribution in [3.8, 4) is 5.75 Å². The predicted octanol–water partition coefficient (Wildman–Crippen LogP) is 6.24. The zero-order valence-electron chi connectivity index (χ0n) is 18.0. The fourth-order valence-corrected chi connectivity index (χ4v) is 4.18. The summed E-state index contributed by atoms with van der Waals surface area (Å²) in [5.41, 5.74) is -1.50. The number of amides is 1. The molecule has 1 N–H and O–H groups in total. The van der Waals surface area contributed by atoms with E-state index in [-0.39, 0.29) is 33.9 Å². The van der Waals surface area contributed by atoms with Crippen LogP contribution < -0.4 is 10.1 Å². The number of nitrogens with zero attached hydrogens (tertiary/aromatic N) is 2. The molecule has 0 saturated heterocycles. The van der Waals surface area contributed by atoms with Crippen molar-refractivity contribution < 1.29 is 27.5 Å². The smallest absolute Gasteiger partial charge is 0.432 e. The first-order valence-electron chi connectivity index (χ1n) is 10.1. The Morgan fingerprint density at radius 1 is 1.11 bits per heavy atom. The van der Waals surface area contributed by atoms with Gasteiger partial charge in [-0.15, -0.1) is 0 Å². The molecule has 0 unspecified atom stereocenters. The largest absolute Gasteiger partial charge is 0.497 e. The highest BCUT2D eigenvalue weighted by Gasteiger charge is 2.42. The second-order valence-electron chi connectivity index (χ2n) is 7.45. The number of nitrogens with one attached hydrogen (secondary N) is 1. The van der Waals surface area contributed by atoms with Crippen LogP contribution in [-0.2, 0) is 17.5 Å². The summed E-state index contributed by atoms with van der Waals surface area (Å²) in [7, 11) is 1.34. The third-order valence-corrected chi connectivity index (χ3v) is 5.82. The van der Waals surface area contributed by atoms with Gasteiger partial charge < -0.3 is 14.6 Å². The van der Waals surface area contributed by atoms with Gasteiger partial charge in [-0.3, -0.25) is 14.6 Å². The first-order valence-corrected chi connectivity index (χ1v) is 10.8. The second kappa shape index (κ2) is 9.59. The van der Waals surface area contributed by atoms with Crippen LogP contribution in [0.4, 0.5) is 18.9 Å². The molecular formula is C24H16Cl2F3N3O3. The zero-order valence-corrected chi connectivity index (χ0v) is 19.5. The Balaban J connectivity index is 1.93. The molecule has 0 aliphatic carbocycles. The Morgan fingerprint density at radius 3 is 2.51 bits per heavy atom. The Labute approximate surface area is 207 Å². The molecule has 0 aliphatic heterocycles. The molecule has 2 heterocycles. The number of methoxy groups -OCH3 is 1. The summed E-state index contributed by atoms with van der Waals surface area (Å²) >= 11 is 12.1. The van der Waals surface area contributed by atoms with Crippen LogP contribution >= 0.6 is 23.2 Å². The van der Waals surface area contributed by atoms with Gasteiger partial charge in [0.15, 0.2) is 0 Å². The average molecular weight is 522 g/mol. The number of Topliss-reactive ketones (excluding diaryl/α,β-unsaturated/α-hetero) is 1. The number of aromatic nitrogens is 2. The van der Waals surface area contributed by atoms with E-state index in [1.807, 2.05) is 0 Å². The van der Waals surface area contributed by atoms with Crippen LogP contribution in [0.3, 0.4) is 0 Å². The SMILES string of the molecule is COc1ccc2c(c1)c(C(=O)C(=O)Nc1cccnc1)c(C(F)(F)F)n2Cc1ccc(Cl)cc1Cl. The summed E-state index contributed by atoms with van der Waals surface area (Å²) in [6.07, 6.45) is -2.27. The van der Waals surface area contributed by atoms with E-state index in [0.717, 1.165) is 4.57 Å². The number of fused-ring (bicyclic) bond motifs is 1. The average Bonchev–Trinajstić information content (AvgIpc) is 3.14. The second-order valence-corrected chi connectivity index (χ2v) is 8.29. The zero-order chi connectivity index (χ0) is 25.3. The molecule has 0 spiro atoms. The van der Waals surface area contributed by atoms with E-state index >= 15 is 0 Å². The van der Waals surface area contributed by atoms with Crippen molar-refractivity contribution in [3.05, 3.63) is 87.8 Å². The van der Waals surface area contributed by atoms with Gasteiger partial charge in [-0.1, -0.05) is 29.3 Å². The lowest BCUT2D eigenvalue weighted by atomic mass is 10.0. The van der Waals surface area contributed by atoms with Crippen molar-refractivity contribution in [2.24, 2.45) is 0 Å². The summed E-state index contributed by atoms with van der Waals surface area (Å²) in [5, 5.41) is 2.68. The number of ketones is 1. The Hall–Kier alpha value is -3.56. The van der Waals surface area contributed by atoms with Gasteiger partial charge in [0.2, 0.25) is 0 Å². The maximum absolute atomic E-state index is 14.4. The Kier molecular flexibility index (Phi) is 6.73. The lowest BCUT2D eigenvalue weighted by Gasteiger charge is -2.15. The van der Waals surface area contributed by atoms with Crippen LogP contribution in [0.2, 0.25) is 10.0 Å². The molecule has 0 bridgehead atoms. The molecule has 2 aromatic carbocycles. The van der Waals surface area contributed by atoms with E-state index in [1.165, 1.54) is 68.0 Å². The van der Waals surface area contributed by atoms with E-state index in [0.29, 0.717) is 10.6 Å². The van der Waals surface area contributed by atoms with Crippen LogP contribution in [0.1, 0.15) is 21.6 Å². The molecule has 6 nitrogen and oxygen atoms in total. The molecule has 11 heteroatoms. The lowest BCUT2D eigenvalue weighted by Crippen LogP contribution is -2.26. The van der Waals surface area contributed by atoms with Crippen LogP contribution in [0, 0.1) is 0 Å². The van der Waals surface area contributed by atoms with Gasteiger partial charge >= 0.3 is 6.18 Å². The first-order chi connectivity index (χ1) is 16.6. The van der Waals surface area contributed by atoms with Crippen molar-refractivity contribution >= 4 is 51.5 Å². The van der Waals surface area contributed by atoms with Gasteiger partial charge in [-0.2, -0.15) is 13.2 Å². The van der Waals surface area contributed by atoms with Gasteiger partial charge in [-0.25, -0.2) is 0 Å². The van der Waals surface area contributed by atoms with Gasteiger partial charge in [0.05, 0.1) is 24.6 Å². The van der Waals surface area contributed by atoms with Crippen LogP contribution in [0.25, 0.3) is 10.9 Å². The molecule has 0 radical (unpaired) electrons. The highest BCUT2D eigenvalue weighted by atomic mass is 35.5. The van der Waals surface area contributed by atoms with E-state index in [4.69, 9.17) is 27.9 Å². The van der Waals surface area contributed by atoms with Crippen molar-refractivity contribution in [2.45, 2.75) is 12.7 Å². The number of rotatable bonds is 6. The minimum Gasteiger partial charge on any atom is -0.497 e. The first kappa shape index (κ1) is 24.6. The molecule has 0 saturated carbocycles. The number of hydrogen-bond acceptors (Lipinski definition) is 4. The highest BCUT2D eigenvalue weighted by Crippen LogP contribution is 2.40. The number of halogens is 5. The van der Waals surface area contributed by atoms with Crippen LogP contribution in [0.15, 0.2) is 60.9 Å². The Morgan fingerprint density at radius 2 is 1.89 bits per heavy atom. The summed E-state index contributed by atoms with van der Waals surface area (Å²) in [5.74, 6) is -2.38.